The largest absolute Gasteiger partial charge is 0.465 e. The molecule has 2 aliphatic rings. The molecule has 1 heterocycles. The zero-order valence-electron chi connectivity index (χ0n) is 13.8. The molecule has 1 saturated carbocycles. The van der Waals surface area contributed by atoms with Crippen molar-refractivity contribution >= 4 is 6.09 Å². The van der Waals surface area contributed by atoms with Crippen molar-refractivity contribution in [1.29, 1.82) is 0 Å². The first-order valence-electron chi connectivity index (χ1n) is 8.16. The van der Waals surface area contributed by atoms with E-state index in [-0.39, 0.29) is 12.1 Å². The van der Waals surface area contributed by atoms with Crippen molar-refractivity contribution in [1.82, 2.24) is 4.90 Å². The number of carboxylic acid groups (broad SMARTS) is 1. The highest BCUT2D eigenvalue weighted by molar-refractivity contribution is 5.67. The van der Waals surface area contributed by atoms with Gasteiger partial charge < -0.3 is 9.84 Å². The fourth-order valence-corrected chi connectivity index (χ4v) is 3.86. The lowest BCUT2D eigenvalue weighted by molar-refractivity contribution is -0.0563. The van der Waals surface area contributed by atoms with E-state index in [0.29, 0.717) is 5.92 Å². The van der Waals surface area contributed by atoms with Crippen LogP contribution in [0.25, 0.3) is 0 Å². The van der Waals surface area contributed by atoms with Gasteiger partial charge in [-0.2, -0.15) is 0 Å². The lowest BCUT2D eigenvalue weighted by Crippen LogP contribution is -2.48. The molecule has 21 heavy (non-hydrogen) atoms. The second-order valence-corrected chi connectivity index (χ2v) is 7.23. The van der Waals surface area contributed by atoms with Crippen LogP contribution in [0, 0.1) is 5.92 Å². The molecule has 1 aliphatic carbocycles. The molecule has 1 saturated heterocycles. The van der Waals surface area contributed by atoms with Crippen LogP contribution in [0.5, 0.6) is 0 Å². The number of ether oxygens (including phenoxy) is 1. The minimum atomic E-state index is -0.870. The maximum atomic E-state index is 11.7. The standard InChI is InChI=1S/C17H29NO3/c1-12(2)10-15-14(11-13-8-6-5-7-9-13)18(16(19)20)17(3,4)21-15/h10,13-15H,5-9,11H2,1-4H3,(H,19,20)/t14-,15-/m0/s1. The van der Waals surface area contributed by atoms with Crippen LogP contribution in [0.15, 0.2) is 11.6 Å². The Morgan fingerprint density at radius 2 is 1.90 bits per heavy atom. The van der Waals surface area contributed by atoms with Crippen molar-refractivity contribution in [2.45, 2.75) is 84.1 Å². The van der Waals surface area contributed by atoms with Gasteiger partial charge in [0.2, 0.25) is 0 Å². The molecule has 2 fully saturated rings. The second kappa shape index (κ2) is 6.39. The summed E-state index contributed by atoms with van der Waals surface area (Å²) >= 11 is 0. The summed E-state index contributed by atoms with van der Waals surface area (Å²) < 4.78 is 6.06. The van der Waals surface area contributed by atoms with Crippen LogP contribution < -0.4 is 0 Å². The summed E-state index contributed by atoms with van der Waals surface area (Å²) in [6.45, 7) is 7.79. The predicted octanol–water partition coefficient (Wildman–Crippen LogP) is 4.41. The first-order chi connectivity index (χ1) is 9.81. The van der Waals surface area contributed by atoms with E-state index in [9.17, 15) is 9.90 Å². The molecule has 2 atom stereocenters. The van der Waals surface area contributed by atoms with Gasteiger partial charge in [0.1, 0.15) is 5.72 Å². The summed E-state index contributed by atoms with van der Waals surface area (Å²) in [5, 5.41) is 9.63. The fraction of sp³-hybridized carbons (Fsp3) is 0.824. The van der Waals surface area contributed by atoms with E-state index in [1.165, 1.54) is 42.6 Å². The first kappa shape index (κ1) is 16.3. The van der Waals surface area contributed by atoms with E-state index in [1.807, 2.05) is 27.7 Å². The number of carbonyl (C=O) groups is 1. The fourth-order valence-electron chi connectivity index (χ4n) is 3.86. The molecule has 0 radical (unpaired) electrons. The monoisotopic (exact) mass is 295 g/mol. The molecule has 0 bridgehead atoms. The molecule has 1 N–H and O–H groups in total. The highest BCUT2D eigenvalue weighted by atomic mass is 16.6. The van der Waals surface area contributed by atoms with Crippen LogP contribution in [0.2, 0.25) is 0 Å². The molecule has 0 spiro atoms. The smallest absolute Gasteiger partial charge is 0.409 e. The Kier molecular flexibility index (Phi) is 4.97. The number of allylic oxidation sites excluding steroid dienone is 1. The minimum absolute atomic E-state index is 0.0597. The van der Waals surface area contributed by atoms with Crippen molar-refractivity contribution in [3.63, 3.8) is 0 Å². The molecule has 0 aromatic heterocycles. The number of hydrogen-bond donors (Lipinski definition) is 1. The Morgan fingerprint density at radius 1 is 1.29 bits per heavy atom. The Morgan fingerprint density at radius 3 is 2.43 bits per heavy atom. The topological polar surface area (TPSA) is 49.8 Å². The van der Waals surface area contributed by atoms with Crippen molar-refractivity contribution in [3.8, 4) is 0 Å². The quantitative estimate of drug-likeness (QED) is 0.785. The lowest BCUT2D eigenvalue weighted by atomic mass is 9.83. The molecule has 1 aliphatic heterocycles. The normalized spacial score (nSPS) is 29.4. The molecule has 120 valence electrons. The van der Waals surface area contributed by atoms with Crippen LogP contribution in [0.4, 0.5) is 4.79 Å². The van der Waals surface area contributed by atoms with E-state index in [2.05, 4.69) is 6.08 Å². The Hall–Kier alpha value is -1.03. The van der Waals surface area contributed by atoms with Crippen molar-refractivity contribution in [3.05, 3.63) is 11.6 Å². The van der Waals surface area contributed by atoms with Crippen molar-refractivity contribution in [2.75, 3.05) is 0 Å². The predicted molar refractivity (Wildman–Crippen MR) is 83.2 cm³/mol. The average molecular weight is 295 g/mol. The van der Waals surface area contributed by atoms with Gasteiger partial charge in [-0.1, -0.05) is 43.8 Å². The molecule has 0 unspecified atom stereocenters. The average Bonchev–Trinajstić information content (AvgIpc) is 2.60. The summed E-state index contributed by atoms with van der Waals surface area (Å²) in [4.78, 5) is 13.3. The highest BCUT2D eigenvalue weighted by Crippen LogP contribution is 2.39. The summed E-state index contributed by atoms with van der Waals surface area (Å²) in [6, 6.07) is -0.0597. The first-order valence-corrected chi connectivity index (χ1v) is 8.16. The van der Waals surface area contributed by atoms with Crippen molar-refractivity contribution in [2.24, 2.45) is 5.92 Å². The van der Waals surface area contributed by atoms with Crippen LogP contribution in [0.1, 0.15) is 66.2 Å². The van der Waals surface area contributed by atoms with Gasteiger partial charge in [0.05, 0.1) is 12.1 Å². The molecule has 2 rings (SSSR count). The third-order valence-electron chi connectivity index (χ3n) is 4.72. The van der Waals surface area contributed by atoms with Gasteiger partial charge in [0.25, 0.3) is 0 Å². The van der Waals surface area contributed by atoms with Gasteiger partial charge >= 0.3 is 6.09 Å². The van der Waals surface area contributed by atoms with Crippen molar-refractivity contribution < 1.29 is 14.6 Å². The zero-order valence-corrected chi connectivity index (χ0v) is 13.8. The number of rotatable bonds is 3. The Bertz CT molecular complexity index is 406. The summed E-state index contributed by atoms with van der Waals surface area (Å²) in [6.07, 6.45) is 8.35. The van der Waals surface area contributed by atoms with Crippen LogP contribution in [0.3, 0.4) is 0 Å². The Balaban J connectivity index is 2.20. The maximum absolute atomic E-state index is 11.7. The van der Waals surface area contributed by atoms with Gasteiger partial charge in [-0.05, 0) is 40.0 Å². The molecule has 4 nitrogen and oxygen atoms in total. The Labute approximate surface area is 128 Å². The summed E-state index contributed by atoms with van der Waals surface area (Å²) in [7, 11) is 0. The van der Waals surface area contributed by atoms with Gasteiger partial charge in [-0.15, -0.1) is 0 Å². The number of amides is 1. The molecule has 0 aromatic carbocycles. The minimum Gasteiger partial charge on any atom is -0.465 e. The second-order valence-electron chi connectivity index (χ2n) is 7.23. The molecular weight excluding hydrogens is 266 g/mol. The van der Waals surface area contributed by atoms with Gasteiger partial charge in [0, 0.05) is 0 Å². The van der Waals surface area contributed by atoms with E-state index in [4.69, 9.17) is 4.74 Å². The molecule has 1 amide bonds. The van der Waals surface area contributed by atoms with Crippen LogP contribution in [-0.4, -0.2) is 34.0 Å². The molecule has 0 aromatic rings. The summed E-state index contributed by atoms with van der Waals surface area (Å²) in [5.41, 5.74) is 0.429. The number of nitrogens with zero attached hydrogens (tertiary/aromatic N) is 1. The third-order valence-corrected chi connectivity index (χ3v) is 4.72. The van der Waals surface area contributed by atoms with E-state index >= 15 is 0 Å². The molecule has 4 heteroatoms. The maximum Gasteiger partial charge on any atom is 0.409 e. The zero-order chi connectivity index (χ0) is 15.6. The van der Waals surface area contributed by atoms with E-state index in [1.54, 1.807) is 0 Å². The molecular formula is C17H29NO3. The van der Waals surface area contributed by atoms with Gasteiger partial charge in [0.15, 0.2) is 0 Å². The SMILES string of the molecule is CC(C)=C[C@@H]1OC(C)(C)N(C(=O)O)[C@H]1CC1CCCCC1. The van der Waals surface area contributed by atoms with Crippen LogP contribution >= 0.6 is 0 Å². The summed E-state index contributed by atoms with van der Waals surface area (Å²) in [5.74, 6) is 0.635. The van der Waals surface area contributed by atoms with Gasteiger partial charge in [-0.3, -0.25) is 4.90 Å². The highest BCUT2D eigenvalue weighted by Gasteiger charge is 2.49. The number of hydrogen-bond acceptors (Lipinski definition) is 2. The van der Waals surface area contributed by atoms with Gasteiger partial charge in [-0.25, -0.2) is 4.79 Å². The van der Waals surface area contributed by atoms with E-state index in [0.717, 1.165) is 6.42 Å². The van der Waals surface area contributed by atoms with Crippen LogP contribution in [-0.2, 0) is 4.74 Å². The lowest BCUT2D eigenvalue weighted by Gasteiger charge is -2.33. The third kappa shape index (κ3) is 3.79. The van der Waals surface area contributed by atoms with E-state index < -0.39 is 11.8 Å².